The van der Waals surface area contributed by atoms with E-state index in [1.54, 1.807) is 11.0 Å². The molecule has 0 bridgehead atoms. The number of rotatable bonds is 4. The van der Waals surface area contributed by atoms with Gasteiger partial charge in [-0.25, -0.2) is 9.67 Å². The van der Waals surface area contributed by atoms with Gasteiger partial charge in [0, 0.05) is 37.7 Å². The van der Waals surface area contributed by atoms with Crippen molar-refractivity contribution >= 4 is 17.5 Å². The number of halogens is 1. The lowest BCUT2D eigenvalue weighted by atomic mass is 10.2. The van der Waals surface area contributed by atoms with Crippen LogP contribution in [0.25, 0.3) is 0 Å². The van der Waals surface area contributed by atoms with E-state index in [1.807, 2.05) is 36.1 Å². The van der Waals surface area contributed by atoms with Gasteiger partial charge in [0.25, 0.3) is 0 Å². The zero-order valence-corrected chi connectivity index (χ0v) is 13.9. The molecule has 0 N–H and O–H groups in total. The lowest BCUT2D eigenvalue weighted by molar-refractivity contribution is -0.136. The van der Waals surface area contributed by atoms with Crippen molar-refractivity contribution in [3.63, 3.8) is 0 Å². The largest absolute Gasteiger partial charge is 0.338 e. The summed E-state index contributed by atoms with van der Waals surface area (Å²) in [6.45, 7) is 5.82. The molecule has 1 fully saturated rings. The van der Waals surface area contributed by atoms with Crippen molar-refractivity contribution in [3.8, 4) is 0 Å². The van der Waals surface area contributed by atoms with Crippen LogP contribution in [0.5, 0.6) is 0 Å². The van der Waals surface area contributed by atoms with E-state index in [9.17, 15) is 4.79 Å². The molecule has 2 aromatic rings. The number of piperazine rings is 1. The molecule has 3 rings (SSSR count). The molecule has 2 heterocycles. The Labute approximate surface area is 140 Å². The molecular weight excluding hydrogens is 314 g/mol. The van der Waals surface area contributed by atoms with Crippen LogP contribution in [0.3, 0.4) is 0 Å². The first-order chi connectivity index (χ1) is 11.1. The molecule has 0 radical (unpaired) electrons. The van der Waals surface area contributed by atoms with E-state index in [0.717, 1.165) is 43.3 Å². The normalized spacial score (nSPS) is 17.2. The monoisotopic (exact) mass is 333 g/mol. The lowest BCUT2D eigenvalue weighted by Crippen LogP contribution is -2.50. The zero-order valence-electron chi connectivity index (χ0n) is 13.1. The minimum absolute atomic E-state index is 0.0906. The highest BCUT2D eigenvalue weighted by Crippen LogP contribution is 2.18. The van der Waals surface area contributed by atoms with Crippen LogP contribution in [0, 0.1) is 0 Å². The number of carbonyl (C=O) groups excluding carboxylic acids is 1. The predicted octanol–water partition coefficient (Wildman–Crippen LogP) is 1.84. The van der Waals surface area contributed by atoms with Gasteiger partial charge < -0.3 is 4.90 Å². The van der Waals surface area contributed by atoms with Crippen LogP contribution in [0.4, 0.5) is 0 Å². The maximum atomic E-state index is 12.5. The third-order valence-electron chi connectivity index (χ3n) is 4.23. The maximum absolute atomic E-state index is 12.5. The molecule has 1 saturated heterocycles. The smallest absolute Gasteiger partial charge is 0.247 e. The first-order valence-corrected chi connectivity index (χ1v) is 8.11. The van der Waals surface area contributed by atoms with Gasteiger partial charge in [0.2, 0.25) is 5.91 Å². The van der Waals surface area contributed by atoms with Gasteiger partial charge in [0.1, 0.15) is 18.7 Å². The van der Waals surface area contributed by atoms with Gasteiger partial charge in [0.15, 0.2) is 0 Å². The number of hydrogen-bond donors (Lipinski definition) is 0. The van der Waals surface area contributed by atoms with Crippen LogP contribution in [0.2, 0.25) is 5.02 Å². The van der Waals surface area contributed by atoms with Crippen LogP contribution >= 0.6 is 11.6 Å². The summed E-state index contributed by atoms with van der Waals surface area (Å²) >= 11 is 6.21. The number of aromatic nitrogens is 3. The zero-order chi connectivity index (χ0) is 16.2. The third-order valence-corrected chi connectivity index (χ3v) is 4.60. The second-order valence-corrected chi connectivity index (χ2v) is 6.15. The molecule has 1 aliphatic heterocycles. The van der Waals surface area contributed by atoms with E-state index >= 15 is 0 Å². The summed E-state index contributed by atoms with van der Waals surface area (Å²) in [4.78, 5) is 20.6. The fraction of sp³-hybridized carbons (Fsp3) is 0.438. The molecule has 23 heavy (non-hydrogen) atoms. The van der Waals surface area contributed by atoms with Gasteiger partial charge in [-0.15, -0.1) is 0 Å². The Morgan fingerprint density at radius 2 is 2.00 bits per heavy atom. The second-order valence-electron chi connectivity index (χ2n) is 5.74. The Morgan fingerprint density at radius 3 is 2.65 bits per heavy atom. The van der Waals surface area contributed by atoms with Crippen LogP contribution in [-0.2, 0) is 11.3 Å². The van der Waals surface area contributed by atoms with Crippen molar-refractivity contribution in [3.05, 3.63) is 47.5 Å². The van der Waals surface area contributed by atoms with Gasteiger partial charge in [-0.3, -0.25) is 9.69 Å². The summed E-state index contributed by atoms with van der Waals surface area (Å²) in [6, 6.07) is 7.59. The summed E-state index contributed by atoms with van der Waals surface area (Å²) in [7, 11) is 0. The van der Waals surface area contributed by atoms with E-state index in [2.05, 4.69) is 15.0 Å². The quantitative estimate of drug-likeness (QED) is 0.856. The molecule has 1 aromatic heterocycles. The number of hydrogen-bond acceptors (Lipinski definition) is 4. The van der Waals surface area contributed by atoms with Gasteiger partial charge in [-0.05, 0) is 18.6 Å². The molecular formula is C16H20ClN5O. The van der Waals surface area contributed by atoms with E-state index in [0.29, 0.717) is 0 Å². The Balaban J connectivity index is 1.54. The predicted molar refractivity (Wildman–Crippen MR) is 88.0 cm³/mol. The van der Waals surface area contributed by atoms with Crippen molar-refractivity contribution in [2.24, 2.45) is 0 Å². The van der Waals surface area contributed by atoms with Crippen molar-refractivity contribution in [2.45, 2.75) is 19.5 Å². The minimum atomic E-state index is -0.312. The average molecular weight is 334 g/mol. The van der Waals surface area contributed by atoms with E-state index in [-0.39, 0.29) is 11.9 Å². The van der Waals surface area contributed by atoms with E-state index in [1.165, 1.54) is 6.33 Å². The van der Waals surface area contributed by atoms with Gasteiger partial charge in [-0.1, -0.05) is 29.8 Å². The van der Waals surface area contributed by atoms with Crippen LogP contribution in [-0.4, -0.2) is 56.7 Å². The molecule has 1 atom stereocenters. The maximum Gasteiger partial charge on any atom is 0.247 e. The molecule has 1 unspecified atom stereocenters. The molecule has 1 aromatic carbocycles. The molecule has 1 aliphatic rings. The highest BCUT2D eigenvalue weighted by Gasteiger charge is 2.26. The Morgan fingerprint density at radius 1 is 1.26 bits per heavy atom. The summed E-state index contributed by atoms with van der Waals surface area (Å²) < 4.78 is 1.60. The lowest BCUT2D eigenvalue weighted by Gasteiger charge is -2.36. The summed E-state index contributed by atoms with van der Waals surface area (Å²) in [5.74, 6) is 0.0906. The summed E-state index contributed by atoms with van der Waals surface area (Å²) in [6.07, 6.45) is 3.03. The highest BCUT2D eigenvalue weighted by atomic mass is 35.5. The first-order valence-electron chi connectivity index (χ1n) is 7.74. The van der Waals surface area contributed by atoms with E-state index < -0.39 is 0 Å². The Bertz CT molecular complexity index is 652. The van der Waals surface area contributed by atoms with Gasteiger partial charge in [0.05, 0.1) is 0 Å². The minimum Gasteiger partial charge on any atom is -0.338 e. The molecule has 0 spiro atoms. The first kappa shape index (κ1) is 16.0. The second kappa shape index (κ2) is 7.10. The van der Waals surface area contributed by atoms with Crippen LogP contribution in [0.1, 0.15) is 18.5 Å². The molecule has 0 aliphatic carbocycles. The highest BCUT2D eigenvalue weighted by molar-refractivity contribution is 6.31. The third kappa shape index (κ3) is 3.71. The van der Waals surface area contributed by atoms with Crippen molar-refractivity contribution in [1.82, 2.24) is 24.6 Å². The Hall–Kier alpha value is -1.92. The summed E-state index contributed by atoms with van der Waals surface area (Å²) in [5.41, 5.74) is 1.13. The van der Waals surface area contributed by atoms with Crippen molar-refractivity contribution in [2.75, 3.05) is 26.2 Å². The fourth-order valence-electron chi connectivity index (χ4n) is 2.79. The Kier molecular flexibility index (Phi) is 4.93. The molecule has 6 nitrogen and oxygen atoms in total. The van der Waals surface area contributed by atoms with E-state index in [4.69, 9.17) is 11.6 Å². The topological polar surface area (TPSA) is 54.3 Å². The average Bonchev–Trinajstić information content (AvgIpc) is 3.11. The SMILES string of the molecule is CC(C(=O)N1CCN(Cc2ccccc2Cl)CC1)n1cncn1. The van der Waals surface area contributed by atoms with Crippen molar-refractivity contribution in [1.29, 1.82) is 0 Å². The number of benzene rings is 1. The molecule has 7 heteroatoms. The van der Waals surface area contributed by atoms with Crippen molar-refractivity contribution < 1.29 is 4.79 Å². The van der Waals surface area contributed by atoms with Gasteiger partial charge >= 0.3 is 0 Å². The molecule has 0 saturated carbocycles. The number of nitrogens with zero attached hydrogens (tertiary/aromatic N) is 5. The number of amides is 1. The summed E-state index contributed by atoms with van der Waals surface area (Å²) in [5, 5.41) is 4.84. The molecule has 122 valence electrons. The number of carbonyl (C=O) groups is 1. The molecule has 1 amide bonds. The van der Waals surface area contributed by atoms with Crippen LogP contribution in [0.15, 0.2) is 36.9 Å². The van der Waals surface area contributed by atoms with Crippen LogP contribution < -0.4 is 0 Å². The fourth-order valence-corrected chi connectivity index (χ4v) is 2.98. The standard InChI is InChI=1S/C16H20ClN5O/c1-13(22-12-18-11-19-22)16(23)21-8-6-20(7-9-21)10-14-4-2-3-5-15(14)17/h2-5,11-13H,6-10H2,1H3. The van der Waals surface area contributed by atoms with Gasteiger partial charge in [-0.2, -0.15) is 5.10 Å².